The molecule has 0 saturated carbocycles. The largest absolute Gasteiger partial charge is 0.378 e. The maximum atomic E-state index is 12.1. The average Bonchev–Trinajstić information content (AvgIpc) is 2.48. The second kappa shape index (κ2) is 6.86. The zero-order chi connectivity index (χ0) is 14.5. The Hall–Kier alpha value is -1.39. The van der Waals surface area contributed by atoms with Gasteiger partial charge in [-0.15, -0.1) is 0 Å². The van der Waals surface area contributed by atoms with E-state index in [2.05, 4.69) is 29.2 Å². The summed E-state index contributed by atoms with van der Waals surface area (Å²) in [6.07, 6.45) is 0.564. The van der Waals surface area contributed by atoms with Gasteiger partial charge in [0, 0.05) is 25.2 Å². The summed E-state index contributed by atoms with van der Waals surface area (Å²) >= 11 is 0. The summed E-state index contributed by atoms with van der Waals surface area (Å²) in [5, 5.41) is 0. The van der Waals surface area contributed by atoms with E-state index in [0.29, 0.717) is 6.42 Å². The summed E-state index contributed by atoms with van der Waals surface area (Å²) in [5.74, 6) is 0.258. The molecule has 4 heteroatoms. The van der Waals surface area contributed by atoms with Crippen LogP contribution in [0.1, 0.15) is 24.9 Å². The lowest BCUT2D eigenvalue weighted by Crippen LogP contribution is -2.36. The highest BCUT2D eigenvalue weighted by molar-refractivity contribution is 5.85. The first kappa shape index (κ1) is 15.0. The lowest BCUT2D eigenvalue weighted by atomic mass is 9.99. The minimum atomic E-state index is -0.140. The van der Waals surface area contributed by atoms with Gasteiger partial charge in [0.15, 0.2) is 5.78 Å². The number of Topliss-reactive ketones (excluding diaryl/α,β-unsaturated/α-hetero) is 1. The number of carbonyl (C=O) groups is 1. The van der Waals surface area contributed by atoms with Crippen LogP contribution in [0.15, 0.2) is 24.3 Å². The molecule has 1 atom stereocenters. The first-order valence-corrected chi connectivity index (χ1v) is 7.25. The van der Waals surface area contributed by atoms with Crippen molar-refractivity contribution in [3.05, 3.63) is 29.8 Å². The number of rotatable bonds is 5. The SMILES string of the molecule is CCC(=O)C(c1ccc(N2CCOCC2)cc1)N(C)C. The molecule has 0 bridgehead atoms. The van der Waals surface area contributed by atoms with Gasteiger partial charge in [-0.3, -0.25) is 9.69 Å². The van der Waals surface area contributed by atoms with Crippen molar-refractivity contribution in [2.45, 2.75) is 19.4 Å². The van der Waals surface area contributed by atoms with Gasteiger partial charge in [0.05, 0.1) is 19.3 Å². The molecule has 1 fully saturated rings. The number of carbonyl (C=O) groups excluding carboxylic acids is 1. The average molecular weight is 276 g/mol. The van der Waals surface area contributed by atoms with Gasteiger partial charge >= 0.3 is 0 Å². The minimum absolute atomic E-state index is 0.140. The Morgan fingerprint density at radius 1 is 1.25 bits per heavy atom. The van der Waals surface area contributed by atoms with Crippen molar-refractivity contribution in [2.75, 3.05) is 45.3 Å². The highest BCUT2D eigenvalue weighted by Gasteiger charge is 2.21. The molecule has 1 aliphatic heterocycles. The van der Waals surface area contributed by atoms with Gasteiger partial charge in [-0.2, -0.15) is 0 Å². The second-order valence-corrected chi connectivity index (χ2v) is 5.38. The third-order valence-corrected chi connectivity index (χ3v) is 3.75. The molecule has 1 aliphatic rings. The number of ketones is 1. The first-order chi connectivity index (χ1) is 9.63. The Balaban J connectivity index is 2.15. The van der Waals surface area contributed by atoms with Crippen LogP contribution in [0.4, 0.5) is 5.69 Å². The van der Waals surface area contributed by atoms with Gasteiger partial charge in [0.2, 0.25) is 0 Å². The molecule has 1 aromatic carbocycles. The Kier molecular flexibility index (Phi) is 5.15. The van der Waals surface area contributed by atoms with Crippen LogP contribution in [0, 0.1) is 0 Å². The van der Waals surface area contributed by atoms with E-state index in [-0.39, 0.29) is 11.8 Å². The van der Waals surface area contributed by atoms with Gasteiger partial charge in [-0.1, -0.05) is 19.1 Å². The predicted octanol–water partition coefficient (Wildman–Crippen LogP) is 2.10. The molecule has 1 heterocycles. The van der Waals surface area contributed by atoms with E-state index >= 15 is 0 Å². The molecule has 1 saturated heterocycles. The van der Waals surface area contributed by atoms with Crippen LogP contribution in [-0.4, -0.2) is 51.1 Å². The predicted molar refractivity (Wildman–Crippen MR) is 81.2 cm³/mol. The molecule has 0 radical (unpaired) electrons. The van der Waals surface area contributed by atoms with Crippen molar-refractivity contribution < 1.29 is 9.53 Å². The van der Waals surface area contributed by atoms with E-state index in [1.54, 1.807) is 0 Å². The van der Waals surface area contributed by atoms with Crippen molar-refractivity contribution in [1.82, 2.24) is 4.90 Å². The molecular weight excluding hydrogens is 252 g/mol. The molecule has 20 heavy (non-hydrogen) atoms. The third kappa shape index (κ3) is 3.38. The molecule has 110 valence electrons. The number of nitrogens with zero attached hydrogens (tertiary/aromatic N) is 2. The van der Waals surface area contributed by atoms with Gasteiger partial charge in [-0.05, 0) is 31.8 Å². The van der Waals surface area contributed by atoms with Crippen LogP contribution in [0.3, 0.4) is 0 Å². The smallest absolute Gasteiger partial charge is 0.154 e. The molecule has 0 amide bonds. The lowest BCUT2D eigenvalue weighted by Gasteiger charge is -2.29. The fourth-order valence-corrected chi connectivity index (χ4v) is 2.65. The highest BCUT2D eigenvalue weighted by atomic mass is 16.5. The maximum absolute atomic E-state index is 12.1. The first-order valence-electron chi connectivity index (χ1n) is 7.25. The van der Waals surface area contributed by atoms with Gasteiger partial charge in [-0.25, -0.2) is 0 Å². The number of hydrogen-bond acceptors (Lipinski definition) is 4. The molecular formula is C16H24N2O2. The Labute approximate surface area is 121 Å². The van der Waals surface area contributed by atoms with Crippen LogP contribution in [0.2, 0.25) is 0 Å². The summed E-state index contributed by atoms with van der Waals surface area (Å²) in [4.78, 5) is 16.4. The molecule has 1 unspecified atom stereocenters. The number of benzene rings is 1. The summed E-state index contributed by atoms with van der Waals surface area (Å²) in [6, 6.07) is 8.23. The quantitative estimate of drug-likeness (QED) is 0.824. The van der Waals surface area contributed by atoms with Crippen molar-refractivity contribution in [1.29, 1.82) is 0 Å². The Morgan fingerprint density at radius 3 is 2.35 bits per heavy atom. The van der Waals surface area contributed by atoms with Crippen molar-refractivity contribution in [3.63, 3.8) is 0 Å². The second-order valence-electron chi connectivity index (χ2n) is 5.38. The van der Waals surface area contributed by atoms with E-state index in [1.165, 1.54) is 5.69 Å². The number of hydrogen-bond donors (Lipinski definition) is 0. The number of anilines is 1. The number of ether oxygens (including phenoxy) is 1. The standard InChI is InChI=1S/C16H24N2O2/c1-4-15(19)16(17(2)3)13-5-7-14(8-6-13)18-9-11-20-12-10-18/h5-8,16H,4,9-12H2,1-3H3. The zero-order valence-electron chi connectivity index (χ0n) is 12.6. The minimum Gasteiger partial charge on any atom is -0.378 e. The number of likely N-dealkylation sites (N-methyl/N-ethyl adjacent to an activating group) is 1. The van der Waals surface area contributed by atoms with E-state index in [0.717, 1.165) is 31.9 Å². The monoisotopic (exact) mass is 276 g/mol. The summed E-state index contributed by atoms with van der Waals surface area (Å²) < 4.78 is 5.37. The van der Waals surface area contributed by atoms with E-state index < -0.39 is 0 Å². The van der Waals surface area contributed by atoms with Crippen LogP contribution in [0.25, 0.3) is 0 Å². The van der Waals surface area contributed by atoms with Gasteiger partial charge in [0.1, 0.15) is 0 Å². The Morgan fingerprint density at radius 2 is 1.85 bits per heavy atom. The zero-order valence-corrected chi connectivity index (χ0v) is 12.6. The molecule has 0 aliphatic carbocycles. The van der Waals surface area contributed by atoms with Gasteiger partial charge in [0.25, 0.3) is 0 Å². The molecule has 1 aromatic rings. The van der Waals surface area contributed by atoms with Crippen LogP contribution >= 0.6 is 0 Å². The van der Waals surface area contributed by atoms with E-state index in [9.17, 15) is 4.79 Å². The third-order valence-electron chi connectivity index (χ3n) is 3.75. The summed E-state index contributed by atoms with van der Waals surface area (Å²) in [6.45, 7) is 5.36. The maximum Gasteiger partial charge on any atom is 0.154 e. The molecule has 0 aromatic heterocycles. The normalized spacial score (nSPS) is 17.3. The molecule has 2 rings (SSSR count). The molecule has 0 N–H and O–H groups in total. The fourth-order valence-electron chi connectivity index (χ4n) is 2.65. The lowest BCUT2D eigenvalue weighted by molar-refractivity contribution is -0.123. The van der Waals surface area contributed by atoms with E-state index in [1.807, 2.05) is 25.9 Å². The van der Waals surface area contributed by atoms with Crippen LogP contribution in [-0.2, 0) is 9.53 Å². The molecule has 4 nitrogen and oxygen atoms in total. The number of morpholine rings is 1. The topological polar surface area (TPSA) is 32.8 Å². The van der Waals surface area contributed by atoms with Crippen molar-refractivity contribution >= 4 is 11.5 Å². The summed E-state index contributed by atoms with van der Waals surface area (Å²) in [5.41, 5.74) is 2.28. The Bertz CT molecular complexity index is 436. The van der Waals surface area contributed by atoms with Crippen molar-refractivity contribution in [2.24, 2.45) is 0 Å². The van der Waals surface area contributed by atoms with Crippen molar-refractivity contribution in [3.8, 4) is 0 Å². The van der Waals surface area contributed by atoms with E-state index in [4.69, 9.17) is 4.74 Å². The summed E-state index contributed by atoms with van der Waals surface area (Å²) in [7, 11) is 3.90. The van der Waals surface area contributed by atoms with Crippen LogP contribution in [0.5, 0.6) is 0 Å². The van der Waals surface area contributed by atoms with Crippen LogP contribution < -0.4 is 4.90 Å². The molecule has 0 spiro atoms. The highest BCUT2D eigenvalue weighted by Crippen LogP contribution is 2.24. The fraction of sp³-hybridized carbons (Fsp3) is 0.562. The van der Waals surface area contributed by atoms with Gasteiger partial charge < -0.3 is 9.64 Å².